The third-order valence-electron chi connectivity index (χ3n) is 4.60. The van der Waals surface area contributed by atoms with Crippen LogP contribution in [0.25, 0.3) is 0 Å². The highest BCUT2D eigenvalue weighted by molar-refractivity contribution is 5.79. The Morgan fingerprint density at radius 1 is 1.29 bits per heavy atom. The van der Waals surface area contributed by atoms with Crippen LogP contribution in [0.1, 0.15) is 66.2 Å². The summed E-state index contributed by atoms with van der Waals surface area (Å²) in [6, 6.07) is 0. The van der Waals surface area contributed by atoms with Gasteiger partial charge in [0.1, 0.15) is 5.78 Å². The van der Waals surface area contributed by atoms with Gasteiger partial charge >= 0.3 is 0 Å². The molecule has 0 aromatic rings. The van der Waals surface area contributed by atoms with Crippen molar-refractivity contribution in [3.8, 4) is 0 Å². The molecule has 2 rings (SSSR count). The SMILES string of the molecule is CC(C)(C)O[C@@H]1CCC[C@H]2CC(=O)CC[C@]21C. The molecule has 0 saturated heterocycles. The summed E-state index contributed by atoms with van der Waals surface area (Å²) in [5.41, 5.74) is 0.163. The Bertz CT molecular complexity index is 303. The fraction of sp³-hybridized carbons (Fsp3) is 0.933. The summed E-state index contributed by atoms with van der Waals surface area (Å²) in [5, 5.41) is 0. The molecule has 2 fully saturated rings. The van der Waals surface area contributed by atoms with E-state index in [1.807, 2.05) is 0 Å². The van der Waals surface area contributed by atoms with Gasteiger partial charge in [-0.05, 0) is 51.4 Å². The third kappa shape index (κ3) is 2.73. The van der Waals surface area contributed by atoms with Gasteiger partial charge in [-0.25, -0.2) is 0 Å². The van der Waals surface area contributed by atoms with Gasteiger partial charge in [-0.15, -0.1) is 0 Å². The minimum absolute atomic E-state index is 0.0724. The quantitative estimate of drug-likeness (QED) is 0.696. The smallest absolute Gasteiger partial charge is 0.133 e. The maximum atomic E-state index is 11.6. The van der Waals surface area contributed by atoms with E-state index in [1.165, 1.54) is 19.3 Å². The topological polar surface area (TPSA) is 26.3 Å². The predicted molar refractivity (Wildman–Crippen MR) is 68.9 cm³/mol. The van der Waals surface area contributed by atoms with Crippen LogP contribution in [0.4, 0.5) is 0 Å². The number of rotatable bonds is 1. The summed E-state index contributed by atoms with van der Waals surface area (Å²) in [6.45, 7) is 8.75. The van der Waals surface area contributed by atoms with E-state index in [0.717, 1.165) is 19.3 Å². The lowest BCUT2D eigenvalue weighted by atomic mass is 9.58. The third-order valence-corrected chi connectivity index (χ3v) is 4.60. The molecule has 0 N–H and O–H groups in total. The molecule has 0 radical (unpaired) electrons. The molecule has 2 heteroatoms. The number of fused-ring (bicyclic) bond motifs is 1. The first-order chi connectivity index (χ1) is 7.81. The van der Waals surface area contributed by atoms with Crippen LogP contribution >= 0.6 is 0 Å². The van der Waals surface area contributed by atoms with Gasteiger partial charge in [0.05, 0.1) is 11.7 Å². The van der Waals surface area contributed by atoms with E-state index in [-0.39, 0.29) is 11.0 Å². The zero-order chi connectivity index (χ0) is 12.7. The van der Waals surface area contributed by atoms with Gasteiger partial charge in [0.15, 0.2) is 0 Å². The van der Waals surface area contributed by atoms with Crippen molar-refractivity contribution >= 4 is 5.78 Å². The molecular weight excluding hydrogens is 212 g/mol. The van der Waals surface area contributed by atoms with Crippen LogP contribution in [0.5, 0.6) is 0 Å². The molecule has 98 valence electrons. The molecule has 2 aliphatic rings. The van der Waals surface area contributed by atoms with Crippen molar-refractivity contribution in [1.82, 2.24) is 0 Å². The number of hydrogen-bond donors (Lipinski definition) is 0. The number of ketones is 1. The number of hydrogen-bond acceptors (Lipinski definition) is 2. The molecule has 0 aromatic carbocycles. The Morgan fingerprint density at radius 2 is 2.00 bits per heavy atom. The zero-order valence-electron chi connectivity index (χ0n) is 11.7. The maximum Gasteiger partial charge on any atom is 0.133 e. The van der Waals surface area contributed by atoms with E-state index in [9.17, 15) is 4.79 Å². The van der Waals surface area contributed by atoms with Gasteiger partial charge in [-0.2, -0.15) is 0 Å². The summed E-state index contributed by atoms with van der Waals surface area (Å²) in [5.74, 6) is 1.02. The van der Waals surface area contributed by atoms with Crippen LogP contribution in [-0.2, 0) is 9.53 Å². The van der Waals surface area contributed by atoms with Crippen LogP contribution in [0.15, 0.2) is 0 Å². The molecule has 2 saturated carbocycles. The fourth-order valence-corrected chi connectivity index (χ4v) is 3.58. The molecule has 17 heavy (non-hydrogen) atoms. The maximum absolute atomic E-state index is 11.6. The Kier molecular flexibility index (Phi) is 3.37. The second kappa shape index (κ2) is 4.38. The Hall–Kier alpha value is -0.370. The number of carbonyl (C=O) groups is 1. The highest BCUT2D eigenvalue weighted by Gasteiger charge is 2.48. The number of Topliss-reactive ketones (excluding diaryl/α,β-unsaturated/α-hetero) is 1. The van der Waals surface area contributed by atoms with Crippen molar-refractivity contribution in [3.63, 3.8) is 0 Å². The lowest BCUT2D eigenvalue weighted by molar-refractivity contribution is -0.163. The molecule has 0 spiro atoms. The van der Waals surface area contributed by atoms with E-state index in [0.29, 0.717) is 17.8 Å². The number of carbonyl (C=O) groups excluding carboxylic acids is 1. The lowest BCUT2D eigenvalue weighted by Gasteiger charge is -2.51. The first-order valence-electron chi connectivity index (χ1n) is 7.01. The summed E-state index contributed by atoms with van der Waals surface area (Å²) < 4.78 is 6.28. The molecular formula is C15H26O2. The van der Waals surface area contributed by atoms with Crippen molar-refractivity contribution in [2.75, 3.05) is 0 Å². The summed E-state index contributed by atoms with van der Waals surface area (Å²) in [6.07, 6.45) is 6.52. The Labute approximate surface area is 105 Å². The Balaban J connectivity index is 2.14. The second-order valence-electron chi connectivity index (χ2n) is 7.10. The summed E-state index contributed by atoms with van der Waals surface area (Å²) in [4.78, 5) is 11.6. The van der Waals surface area contributed by atoms with E-state index < -0.39 is 0 Å². The van der Waals surface area contributed by atoms with Gasteiger partial charge in [0.25, 0.3) is 0 Å². The molecule has 0 aromatic heterocycles. The van der Waals surface area contributed by atoms with E-state index in [2.05, 4.69) is 27.7 Å². The average molecular weight is 238 g/mol. The van der Waals surface area contributed by atoms with Crippen molar-refractivity contribution < 1.29 is 9.53 Å². The second-order valence-corrected chi connectivity index (χ2v) is 7.10. The van der Waals surface area contributed by atoms with E-state index in [1.54, 1.807) is 0 Å². The van der Waals surface area contributed by atoms with Crippen molar-refractivity contribution in [1.29, 1.82) is 0 Å². The molecule has 2 nitrogen and oxygen atoms in total. The van der Waals surface area contributed by atoms with Gasteiger partial charge in [-0.1, -0.05) is 13.3 Å². The fourth-order valence-electron chi connectivity index (χ4n) is 3.58. The largest absolute Gasteiger partial charge is 0.372 e. The van der Waals surface area contributed by atoms with Gasteiger partial charge < -0.3 is 4.74 Å². The van der Waals surface area contributed by atoms with Crippen LogP contribution in [0, 0.1) is 11.3 Å². The zero-order valence-corrected chi connectivity index (χ0v) is 11.7. The molecule has 0 amide bonds. The van der Waals surface area contributed by atoms with E-state index in [4.69, 9.17) is 4.74 Å². The normalized spacial score (nSPS) is 38.9. The summed E-state index contributed by atoms with van der Waals surface area (Å²) >= 11 is 0. The van der Waals surface area contributed by atoms with Crippen molar-refractivity contribution in [2.24, 2.45) is 11.3 Å². The molecule has 0 unspecified atom stereocenters. The molecule has 2 aliphatic carbocycles. The first-order valence-corrected chi connectivity index (χ1v) is 7.01. The van der Waals surface area contributed by atoms with Crippen LogP contribution in [-0.4, -0.2) is 17.5 Å². The predicted octanol–water partition coefficient (Wildman–Crippen LogP) is 3.73. The molecule has 0 heterocycles. The highest BCUT2D eigenvalue weighted by atomic mass is 16.5. The van der Waals surface area contributed by atoms with Crippen molar-refractivity contribution in [3.05, 3.63) is 0 Å². The van der Waals surface area contributed by atoms with Gasteiger partial charge in [0.2, 0.25) is 0 Å². The van der Waals surface area contributed by atoms with Gasteiger partial charge in [-0.3, -0.25) is 4.79 Å². The van der Waals surface area contributed by atoms with E-state index >= 15 is 0 Å². The monoisotopic (exact) mass is 238 g/mol. The van der Waals surface area contributed by atoms with Gasteiger partial charge in [0, 0.05) is 12.8 Å². The highest BCUT2D eigenvalue weighted by Crippen LogP contribution is 2.51. The Morgan fingerprint density at radius 3 is 2.65 bits per heavy atom. The average Bonchev–Trinajstić information content (AvgIpc) is 2.19. The minimum Gasteiger partial charge on any atom is -0.372 e. The first kappa shape index (κ1) is 13.1. The molecule has 3 atom stereocenters. The minimum atomic E-state index is -0.0724. The van der Waals surface area contributed by atoms with Crippen molar-refractivity contribution in [2.45, 2.75) is 77.9 Å². The standard InChI is InChI=1S/C15H26O2/c1-14(2,3)17-13-7-5-6-11-10-12(16)8-9-15(11,13)4/h11,13H,5-10H2,1-4H3/t11-,13+,15+/m0/s1. The van der Waals surface area contributed by atoms with Crippen LogP contribution in [0.3, 0.4) is 0 Å². The van der Waals surface area contributed by atoms with Crippen LogP contribution in [0.2, 0.25) is 0 Å². The summed E-state index contributed by atoms with van der Waals surface area (Å²) in [7, 11) is 0. The number of ether oxygens (including phenoxy) is 1. The molecule has 0 aliphatic heterocycles. The molecule has 0 bridgehead atoms. The lowest BCUT2D eigenvalue weighted by Crippen LogP contribution is -2.49. The van der Waals surface area contributed by atoms with Crippen LogP contribution < -0.4 is 0 Å².